The molecule has 1 saturated heterocycles. The second-order valence-corrected chi connectivity index (χ2v) is 10.5. The minimum atomic E-state index is -0.00855. The number of hydrogen-bond acceptors (Lipinski definition) is 6. The summed E-state index contributed by atoms with van der Waals surface area (Å²) in [5, 5.41) is 13.4. The average Bonchev–Trinajstić information content (AvgIpc) is 2.97. The van der Waals surface area contributed by atoms with Gasteiger partial charge >= 0.3 is 0 Å². The van der Waals surface area contributed by atoms with Crippen molar-refractivity contribution in [1.82, 2.24) is 20.1 Å². The zero-order valence-corrected chi connectivity index (χ0v) is 22.6. The van der Waals surface area contributed by atoms with Gasteiger partial charge in [0.2, 0.25) is 11.8 Å². The van der Waals surface area contributed by atoms with Crippen LogP contribution in [0.1, 0.15) is 29.7 Å². The second kappa shape index (κ2) is 13.3. The first-order valence-electron chi connectivity index (χ1n) is 13.9. The molecule has 2 N–H and O–H groups in total. The molecule has 40 heavy (non-hydrogen) atoms. The van der Waals surface area contributed by atoms with Crippen LogP contribution >= 0.6 is 0 Å². The van der Waals surface area contributed by atoms with E-state index in [2.05, 4.69) is 21.3 Å². The number of phenolic OH excluding ortho intramolecular Hbond substituents is 1. The van der Waals surface area contributed by atoms with Crippen molar-refractivity contribution in [3.05, 3.63) is 102 Å². The van der Waals surface area contributed by atoms with Crippen LogP contribution in [0, 0.1) is 11.8 Å². The molecule has 5 rings (SSSR count). The van der Waals surface area contributed by atoms with Gasteiger partial charge in [0.1, 0.15) is 18.1 Å². The Hall–Kier alpha value is -4.17. The van der Waals surface area contributed by atoms with E-state index in [-0.39, 0.29) is 35.9 Å². The maximum atomic E-state index is 13.6. The molecule has 2 amide bonds. The molecule has 2 aliphatic rings. The van der Waals surface area contributed by atoms with Crippen molar-refractivity contribution in [3.8, 4) is 11.5 Å². The van der Waals surface area contributed by atoms with Crippen LogP contribution in [-0.4, -0.2) is 57.9 Å². The number of phenols is 1. The molecule has 1 aromatic heterocycles. The lowest BCUT2D eigenvalue weighted by atomic mass is 9.82. The summed E-state index contributed by atoms with van der Waals surface area (Å²) in [7, 11) is 0. The van der Waals surface area contributed by atoms with Gasteiger partial charge in [0.05, 0.1) is 18.8 Å². The summed E-state index contributed by atoms with van der Waals surface area (Å²) in [5.74, 6) is 1.20. The van der Waals surface area contributed by atoms with Gasteiger partial charge in [0, 0.05) is 49.9 Å². The van der Waals surface area contributed by atoms with Gasteiger partial charge in [0.15, 0.2) is 0 Å². The molecule has 3 aromatic rings. The lowest BCUT2D eigenvalue weighted by Gasteiger charge is -2.38. The third-order valence-corrected chi connectivity index (χ3v) is 7.63. The van der Waals surface area contributed by atoms with Crippen LogP contribution in [0.2, 0.25) is 0 Å². The molecular weight excluding hydrogens is 504 g/mol. The van der Waals surface area contributed by atoms with E-state index in [4.69, 9.17) is 4.74 Å². The van der Waals surface area contributed by atoms with Crippen LogP contribution in [0.4, 0.5) is 0 Å². The number of nitrogens with one attached hydrogen (secondary N) is 1. The van der Waals surface area contributed by atoms with Gasteiger partial charge in [-0.25, -0.2) is 0 Å². The molecule has 3 heterocycles. The third kappa shape index (κ3) is 7.27. The van der Waals surface area contributed by atoms with Gasteiger partial charge in [-0.1, -0.05) is 54.6 Å². The number of carbonyl (C=O) groups excluding carboxylic acids is 2. The number of aromatic nitrogens is 1. The monoisotopic (exact) mass is 540 g/mol. The van der Waals surface area contributed by atoms with Crippen molar-refractivity contribution in [2.45, 2.75) is 32.5 Å². The van der Waals surface area contributed by atoms with Crippen LogP contribution < -0.4 is 10.1 Å². The number of nitrogens with zero attached hydrogens (tertiary/aromatic N) is 3. The Morgan fingerprint density at radius 1 is 1.05 bits per heavy atom. The lowest BCUT2D eigenvalue weighted by molar-refractivity contribution is -0.135. The van der Waals surface area contributed by atoms with Crippen LogP contribution in [0.15, 0.2) is 85.1 Å². The van der Waals surface area contributed by atoms with Crippen molar-refractivity contribution >= 4 is 11.8 Å². The predicted octanol–water partition coefficient (Wildman–Crippen LogP) is 3.91. The Balaban J connectivity index is 1.31. The summed E-state index contributed by atoms with van der Waals surface area (Å²) in [6.45, 7) is 3.13. The van der Waals surface area contributed by atoms with Crippen molar-refractivity contribution in [2.75, 3.05) is 26.2 Å². The average molecular weight is 541 g/mol. The number of carbonyl (C=O) groups is 2. The largest absolute Gasteiger partial charge is 0.508 e. The van der Waals surface area contributed by atoms with Gasteiger partial charge in [-0.15, -0.1) is 0 Å². The van der Waals surface area contributed by atoms with Crippen LogP contribution in [0.5, 0.6) is 11.5 Å². The van der Waals surface area contributed by atoms with E-state index in [0.29, 0.717) is 45.8 Å². The molecular formula is C32H36N4O4. The zero-order chi connectivity index (χ0) is 27.7. The van der Waals surface area contributed by atoms with E-state index in [9.17, 15) is 14.7 Å². The van der Waals surface area contributed by atoms with Crippen LogP contribution in [0.25, 0.3) is 0 Å². The standard InChI is InChI=1S/C32H36N4O4/c37-29-12-3-1-8-26(29)20-35-21-27-9-2-4-13-30(27)40-17-7-10-25-22-36(32(39)23-35)16-14-24(25)18-31(38)34-19-28-11-5-6-15-33-28/h1-13,15,24-25,37H,14,16-23H2,(H,34,38)/b10-7-/t24-,25-/m0/s1. The molecule has 2 atom stereocenters. The van der Waals surface area contributed by atoms with Crippen molar-refractivity contribution in [2.24, 2.45) is 11.8 Å². The molecule has 2 aromatic carbocycles. The number of rotatable bonds is 6. The summed E-state index contributed by atoms with van der Waals surface area (Å²) in [6, 6.07) is 20.8. The number of fused-ring (bicyclic) bond motifs is 3. The van der Waals surface area contributed by atoms with Crippen LogP contribution in [-0.2, 0) is 29.2 Å². The smallest absolute Gasteiger partial charge is 0.236 e. The number of piperidine rings is 1. The topological polar surface area (TPSA) is 95.0 Å². The number of amides is 2. The molecule has 208 valence electrons. The highest BCUT2D eigenvalue weighted by atomic mass is 16.5. The summed E-state index contributed by atoms with van der Waals surface area (Å²) >= 11 is 0. The lowest BCUT2D eigenvalue weighted by Crippen LogP contribution is -2.47. The fourth-order valence-electron chi connectivity index (χ4n) is 5.46. The van der Waals surface area contributed by atoms with Gasteiger partial charge in [-0.05, 0) is 42.5 Å². The number of pyridine rings is 1. The SMILES string of the molecule is O=C(C[C@@H]1CCN2C[C@@H]1/C=C\COc1ccccc1CN(Cc1ccccc1O)CC2=O)NCc1ccccn1. The van der Waals surface area contributed by atoms with E-state index >= 15 is 0 Å². The molecule has 0 radical (unpaired) electrons. The van der Waals surface area contributed by atoms with E-state index in [0.717, 1.165) is 29.0 Å². The van der Waals surface area contributed by atoms with Gasteiger partial charge in [0.25, 0.3) is 0 Å². The Bertz CT molecular complexity index is 1330. The fourth-order valence-corrected chi connectivity index (χ4v) is 5.46. The third-order valence-electron chi connectivity index (χ3n) is 7.63. The number of ether oxygens (including phenoxy) is 1. The predicted molar refractivity (Wildman–Crippen MR) is 152 cm³/mol. The highest BCUT2D eigenvalue weighted by Crippen LogP contribution is 2.29. The summed E-state index contributed by atoms with van der Waals surface area (Å²) < 4.78 is 6.14. The van der Waals surface area contributed by atoms with Crippen molar-refractivity contribution in [1.29, 1.82) is 0 Å². The van der Waals surface area contributed by atoms with E-state index < -0.39 is 0 Å². The number of aromatic hydroxyl groups is 1. The first-order chi connectivity index (χ1) is 19.5. The van der Waals surface area contributed by atoms with E-state index in [1.807, 2.05) is 65.6 Å². The molecule has 0 spiro atoms. The second-order valence-electron chi connectivity index (χ2n) is 10.5. The van der Waals surface area contributed by atoms with E-state index in [1.165, 1.54) is 0 Å². The van der Waals surface area contributed by atoms with Crippen molar-refractivity contribution < 1.29 is 19.4 Å². The number of para-hydroxylation sites is 2. The van der Waals surface area contributed by atoms with E-state index in [1.54, 1.807) is 18.3 Å². The Kier molecular flexibility index (Phi) is 9.08. The minimum Gasteiger partial charge on any atom is -0.508 e. The van der Waals surface area contributed by atoms with Crippen molar-refractivity contribution in [3.63, 3.8) is 0 Å². The fraction of sp³-hybridized carbons (Fsp3) is 0.344. The Labute approximate surface area is 235 Å². The maximum absolute atomic E-state index is 13.6. The maximum Gasteiger partial charge on any atom is 0.236 e. The number of benzene rings is 2. The number of hydrogen-bond donors (Lipinski definition) is 2. The summed E-state index contributed by atoms with van der Waals surface area (Å²) in [6.07, 6.45) is 6.98. The first kappa shape index (κ1) is 27.4. The van der Waals surface area contributed by atoms with Gasteiger partial charge in [-0.2, -0.15) is 0 Å². The Morgan fingerprint density at radius 2 is 1.88 bits per heavy atom. The van der Waals surface area contributed by atoms with Gasteiger partial charge in [-0.3, -0.25) is 19.5 Å². The highest BCUT2D eigenvalue weighted by molar-refractivity contribution is 5.79. The molecule has 1 fully saturated rings. The summed E-state index contributed by atoms with van der Waals surface area (Å²) in [4.78, 5) is 34.7. The quantitative estimate of drug-likeness (QED) is 0.461. The molecule has 0 aliphatic carbocycles. The first-order valence-corrected chi connectivity index (χ1v) is 13.9. The molecule has 2 aliphatic heterocycles. The highest BCUT2D eigenvalue weighted by Gasteiger charge is 2.32. The Morgan fingerprint density at radius 3 is 2.73 bits per heavy atom. The molecule has 8 heteroatoms. The summed E-state index contributed by atoms with van der Waals surface area (Å²) in [5.41, 5.74) is 2.58. The zero-order valence-electron chi connectivity index (χ0n) is 22.6. The molecule has 0 saturated carbocycles. The van der Waals surface area contributed by atoms with Gasteiger partial charge < -0.3 is 20.1 Å². The van der Waals surface area contributed by atoms with Crippen LogP contribution in [0.3, 0.4) is 0 Å². The molecule has 0 unspecified atom stereocenters. The molecule has 8 nitrogen and oxygen atoms in total. The minimum absolute atomic E-state index is 0.00855. The normalized spacial score (nSPS) is 20.7. The molecule has 2 bridgehead atoms.